The van der Waals surface area contributed by atoms with Gasteiger partial charge in [-0.1, -0.05) is 30.3 Å². The fourth-order valence-electron chi connectivity index (χ4n) is 2.99. The molecule has 0 saturated carbocycles. The first-order valence-electron chi connectivity index (χ1n) is 9.61. The molecular weight excluding hydrogens is 418 g/mol. The normalized spacial score (nSPS) is 12.1. The van der Waals surface area contributed by atoms with Gasteiger partial charge in [-0.15, -0.1) is 0 Å². The van der Waals surface area contributed by atoms with Crippen molar-refractivity contribution >= 4 is 15.7 Å². The molecule has 31 heavy (non-hydrogen) atoms. The number of benzene rings is 3. The van der Waals surface area contributed by atoms with Crippen molar-refractivity contribution in [2.75, 3.05) is 31.7 Å². The monoisotopic (exact) mass is 443 g/mol. The summed E-state index contributed by atoms with van der Waals surface area (Å²) in [5.41, 5.74) is 0.331. The van der Waals surface area contributed by atoms with E-state index in [1.807, 2.05) is 0 Å². The van der Waals surface area contributed by atoms with E-state index < -0.39 is 16.1 Å². The van der Waals surface area contributed by atoms with Gasteiger partial charge in [0, 0.05) is 0 Å². The maximum Gasteiger partial charge on any atom is 0.264 e. The number of ether oxygens (including phenoxy) is 3. The van der Waals surface area contributed by atoms with Crippen LogP contribution >= 0.6 is 0 Å². The summed E-state index contributed by atoms with van der Waals surface area (Å²) in [7, 11) is -0.916. The molecule has 1 atom stereocenters. The first-order chi connectivity index (χ1) is 15.0. The molecule has 0 aromatic heterocycles. The highest BCUT2D eigenvalue weighted by atomic mass is 32.2. The van der Waals surface area contributed by atoms with Gasteiger partial charge in [0.05, 0.1) is 31.3 Å². The standard InChI is InChI=1S/C23H25NO6S/c1-28-19-12-14-20(15-13-19)30-17-18(25)16-24(22-10-6-7-11-23(22)29-2)31(26,27)21-8-4-3-5-9-21/h3-15,18,25H,16-17H2,1-2H3/t18-/m1/s1. The van der Waals surface area contributed by atoms with Crippen molar-refractivity contribution < 1.29 is 27.7 Å². The quantitative estimate of drug-likeness (QED) is 0.517. The average molecular weight is 444 g/mol. The van der Waals surface area contributed by atoms with E-state index in [0.717, 1.165) is 4.31 Å². The van der Waals surface area contributed by atoms with Crippen LogP contribution in [-0.2, 0) is 10.0 Å². The van der Waals surface area contributed by atoms with Crippen LogP contribution in [0.1, 0.15) is 0 Å². The van der Waals surface area contributed by atoms with Crippen molar-refractivity contribution in [1.29, 1.82) is 0 Å². The third-order valence-corrected chi connectivity index (χ3v) is 6.36. The van der Waals surface area contributed by atoms with Gasteiger partial charge in [0.25, 0.3) is 10.0 Å². The van der Waals surface area contributed by atoms with Crippen molar-refractivity contribution in [2.45, 2.75) is 11.0 Å². The zero-order valence-corrected chi connectivity index (χ0v) is 18.2. The van der Waals surface area contributed by atoms with Gasteiger partial charge >= 0.3 is 0 Å². The SMILES string of the molecule is COc1ccc(OC[C@H](O)CN(c2ccccc2OC)S(=O)(=O)c2ccccc2)cc1. The molecule has 3 rings (SSSR count). The molecule has 3 aromatic carbocycles. The third kappa shape index (κ3) is 5.48. The Morgan fingerprint density at radius 2 is 1.45 bits per heavy atom. The number of sulfonamides is 1. The van der Waals surface area contributed by atoms with Crippen LogP contribution in [0.2, 0.25) is 0 Å². The van der Waals surface area contributed by atoms with Gasteiger partial charge in [0.15, 0.2) is 0 Å². The highest BCUT2D eigenvalue weighted by Gasteiger charge is 2.29. The molecule has 0 heterocycles. The largest absolute Gasteiger partial charge is 0.497 e. The number of hydrogen-bond donors (Lipinski definition) is 1. The molecule has 0 unspecified atom stereocenters. The summed E-state index contributed by atoms with van der Waals surface area (Å²) in [5.74, 6) is 1.60. The number of para-hydroxylation sites is 2. The Balaban J connectivity index is 1.84. The fourth-order valence-corrected chi connectivity index (χ4v) is 4.52. The lowest BCUT2D eigenvalue weighted by molar-refractivity contribution is 0.115. The van der Waals surface area contributed by atoms with E-state index in [-0.39, 0.29) is 18.0 Å². The van der Waals surface area contributed by atoms with Crippen LogP contribution in [0, 0.1) is 0 Å². The van der Waals surface area contributed by atoms with E-state index in [9.17, 15) is 13.5 Å². The number of anilines is 1. The van der Waals surface area contributed by atoms with Gasteiger partial charge < -0.3 is 19.3 Å². The molecule has 0 bridgehead atoms. The van der Waals surface area contributed by atoms with Gasteiger partial charge in [0.1, 0.15) is 30.0 Å². The molecule has 0 amide bonds. The minimum Gasteiger partial charge on any atom is -0.497 e. The highest BCUT2D eigenvalue weighted by molar-refractivity contribution is 7.92. The molecule has 7 nitrogen and oxygen atoms in total. The van der Waals surface area contributed by atoms with Crippen LogP contribution in [0.3, 0.4) is 0 Å². The summed E-state index contributed by atoms with van der Waals surface area (Å²) in [5, 5.41) is 10.6. The number of hydrogen-bond acceptors (Lipinski definition) is 6. The summed E-state index contributed by atoms with van der Waals surface area (Å²) in [4.78, 5) is 0.115. The van der Waals surface area contributed by atoms with Gasteiger partial charge in [-0.05, 0) is 48.5 Å². The molecule has 164 valence electrons. The summed E-state index contributed by atoms with van der Waals surface area (Å²) < 4.78 is 44.0. The summed E-state index contributed by atoms with van der Waals surface area (Å²) in [6.45, 7) is -0.309. The number of aliphatic hydroxyl groups excluding tert-OH is 1. The lowest BCUT2D eigenvalue weighted by atomic mass is 10.2. The fraction of sp³-hybridized carbons (Fsp3) is 0.217. The number of nitrogens with zero attached hydrogens (tertiary/aromatic N) is 1. The van der Waals surface area contributed by atoms with Crippen molar-refractivity contribution in [2.24, 2.45) is 0 Å². The Morgan fingerprint density at radius 3 is 2.10 bits per heavy atom. The third-order valence-electron chi connectivity index (χ3n) is 4.56. The summed E-state index contributed by atoms with van der Waals surface area (Å²) >= 11 is 0. The topological polar surface area (TPSA) is 85.3 Å². The van der Waals surface area contributed by atoms with E-state index >= 15 is 0 Å². The Bertz CT molecular complexity index is 1070. The first kappa shape index (κ1) is 22.5. The van der Waals surface area contributed by atoms with E-state index in [4.69, 9.17) is 14.2 Å². The zero-order valence-electron chi connectivity index (χ0n) is 17.3. The van der Waals surface area contributed by atoms with Crippen LogP contribution in [0.15, 0.2) is 83.8 Å². The lowest BCUT2D eigenvalue weighted by Crippen LogP contribution is -2.40. The smallest absolute Gasteiger partial charge is 0.264 e. The van der Waals surface area contributed by atoms with Crippen LogP contribution in [0.5, 0.6) is 17.2 Å². The predicted octanol–water partition coefficient (Wildman–Crippen LogP) is 3.34. The van der Waals surface area contributed by atoms with E-state index in [1.54, 1.807) is 73.8 Å². The van der Waals surface area contributed by atoms with Crippen LogP contribution in [-0.4, -0.2) is 47.0 Å². The second-order valence-corrected chi connectivity index (χ2v) is 8.52. The summed E-state index contributed by atoms with van der Waals surface area (Å²) in [6.07, 6.45) is -1.09. The molecule has 0 aliphatic rings. The Morgan fingerprint density at radius 1 is 0.839 bits per heavy atom. The minimum atomic E-state index is -3.95. The van der Waals surface area contributed by atoms with Gasteiger partial charge in [-0.25, -0.2) is 8.42 Å². The molecule has 3 aromatic rings. The predicted molar refractivity (Wildman–Crippen MR) is 118 cm³/mol. The lowest BCUT2D eigenvalue weighted by Gasteiger charge is -2.28. The average Bonchev–Trinajstić information content (AvgIpc) is 2.82. The maximum atomic E-state index is 13.4. The van der Waals surface area contributed by atoms with Crippen LogP contribution < -0.4 is 18.5 Å². The minimum absolute atomic E-state index is 0.0950. The van der Waals surface area contributed by atoms with Crippen molar-refractivity contribution in [3.8, 4) is 17.2 Å². The van der Waals surface area contributed by atoms with Crippen molar-refractivity contribution in [1.82, 2.24) is 0 Å². The molecule has 1 N–H and O–H groups in total. The molecule has 0 fully saturated rings. The van der Waals surface area contributed by atoms with Gasteiger partial charge in [-0.3, -0.25) is 4.31 Å². The molecule has 0 spiro atoms. The first-order valence-corrected chi connectivity index (χ1v) is 11.1. The Labute approximate surface area is 182 Å². The molecule has 0 saturated heterocycles. The number of methoxy groups -OCH3 is 2. The molecule has 0 aliphatic carbocycles. The Hall–Kier alpha value is -3.23. The highest BCUT2D eigenvalue weighted by Crippen LogP contribution is 2.32. The van der Waals surface area contributed by atoms with E-state index in [2.05, 4.69) is 0 Å². The molecule has 0 aliphatic heterocycles. The van der Waals surface area contributed by atoms with E-state index in [1.165, 1.54) is 19.2 Å². The summed E-state index contributed by atoms with van der Waals surface area (Å²) in [6, 6.07) is 21.7. The van der Waals surface area contributed by atoms with Crippen LogP contribution in [0.25, 0.3) is 0 Å². The van der Waals surface area contributed by atoms with Gasteiger partial charge in [-0.2, -0.15) is 0 Å². The van der Waals surface area contributed by atoms with Crippen LogP contribution in [0.4, 0.5) is 5.69 Å². The van der Waals surface area contributed by atoms with Crippen molar-refractivity contribution in [3.63, 3.8) is 0 Å². The maximum absolute atomic E-state index is 13.4. The number of rotatable bonds is 10. The molecule has 8 heteroatoms. The second-order valence-electron chi connectivity index (χ2n) is 6.66. The van der Waals surface area contributed by atoms with Crippen molar-refractivity contribution in [3.05, 3.63) is 78.9 Å². The van der Waals surface area contributed by atoms with Gasteiger partial charge in [0.2, 0.25) is 0 Å². The second kappa shape index (κ2) is 10.2. The molecular formula is C23H25NO6S. The Kier molecular flexibility index (Phi) is 7.38. The zero-order chi connectivity index (χ0) is 22.3. The molecule has 0 radical (unpaired) electrons. The van der Waals surface area contributed by atoms with E-state index in [0.29, 0.717) is 22.9 Å². The number of aliphatic hydroxyl groups is 1.